The number of rotatable bonds is 7. The van der Waals surface area contributed by atoms with Crippen LogP contribution in [0.3, 0.4) is 0 Å². The van der Waals surface area contributed by atoms with Crippen LogP contribution in [0.5, 0.6) is 11.5 Å². The molecule has 1 heterocycles. The van der Waals surface area contributed by atoms with E-state index in [9.17, 15) is 0 Å². The third-order valence-electron chi connectivity index (χ3n) is 3.41. The molecule has 112 valence electrons. The first kappa shape index (κ1) is 15.4. The van der Waals surface area contributed by atoms with Gasteiger partial charge in [0.2, 0.25) is 0 Å². The van der Waals surface area contributed by atoms with Gasteiger partial charge in [-0.2, -0.15) is 0 Å². The van der Waals surface area contributed by atoms with Gasteiger partial charge in [-0.15, -0.1) is 0 Å². The second-order valence-corrected chi connectivity index (χ2v) is 5.31. The SMILES string of the molecule is CCOc1c(Cl)cc(C[NH2+]C[C@@H]2CCCO2)cc1OC. The average molecular weight is 301 g/mol. The second-order valence-electron chi connectivity index (χ2n) is 4.91. The molecule has 0 amide bonds. The van der Waals surface area contributed by atoms with Crippen LogP contribution >= 0.6 is 11.6 Å². The van der Waals surface area contributed by atoms with Gasteiger partial charge in [-0.3, -0.25) is 0 Å². The average Bonchev–Trinajstić information content (AvgIpc) is 2.94. The van der Waals surface area contributed by atoms with E-state index in [1.165, 1.54) is 12.8 Å². The van der Waals surface area contributed by atoms with Crippen molar-refractivity contribution in [1.29, 1.82) is 0 Å². The minimum absolute atomic E-state index is 0.398. The molecule has 0 aliphatic carbocycles. The summed E-state index contributed by atoms with van der Waals surface area (Å²) in [5.41, 5.74) is 1.13. The van der Waals surface area contributed by atoms with E-state index in [1.54, 1.807) is 7.11 Å². The fourth-order valence-corrected chi connectivity index (χ4v) is 2.73. The van der Waals surface area contributed by atoms with Crippen LogP contribution in [0, 0.1) is 0 Å². The first-order valence-electron chi connectivity index (χ1n) is 7.17. The zero-order valence-corrected chi connectivity index (χ0v) is 12.9. The van der Waals surface area contributed by atoms with E-state index in [-0.39, 0.29) is 0 Å². The smallest absolute Gasteiger partial charge is 0.179 e. The van der Waals surface area contributed by atoms with Crippen LogP contribution in [0.4, 0.5) is 0 Å². The summed E-state index contributed by atoms with van der Waals surface area (Å²) in [4.78, 5) is 0. The van der Waals surface area contributed by atoms with Gasteiger partial charge in [0.15, 0.2) is 11.5 Å². The molecule has 5 heteroatoms. The summed E-state index contributed by atoms with van der Waals surface area (Å²) in [5.74, 6) is 1.32. The van der Waals surface area contributed by atoms with Gasteiger partial charge in [-0.25, -0.2) is 0 Å². The van der Waals surface area contributed by atoms with Gasteiger partial charge < -0.3 is 19.5 Å². The number of hydrogen-bond donors (Lipinski definition) is 1. The Labute approximate surface area is 125 Å². The van der Waals surface area contributed by atoms with Gasteiger partial charge in [-0.05, 0) is 31.9 Å². The predicted molar refractivity (Wildman–Crippen MR) is 78.6 cm³/mol. The van der Waals surface area contributed by atoms with Gasteiger partial charge >= 0.3 is 0 Å². The number of nitrogens with two attached hydrogens (primary N) is 1. The van der Waals surface area contributed by atoms with Gasteiger partial charge in [0.1, 0.15) is 19.2 Å². The molecule has 1 aliphatic heterocycles. The molecule has 2 N–H and O–H groups in total. The first-order valence-corrected chi connectivity index (χ1v) is 7.54. The molecule has 1 aromatic carbocycles. The highest BCUT2D eigenvalue weighted by molar-refractivity contribution is 6.32. The maximum atomic E-state index is 6.25. The lowest BCUT2D eigenvalue weighted by Crippen LogP contribution is -2.84. The zero-order valence-electron chi connectivity index (χ0n) is 12.2. The standard InChI is InChI=1S/C15H22ClNO3/c1-3-19-15-13(16)7-11(8-14(15)18-2)9-17-10-12-5-4-6-20-12/h7-8,12,17H,3-6,9-10H2,1-2H3/p+1/t12-/m0/s1. The summed E-state index contributed by atoms with van der Waals surface area (Å²) in [6.07, 6.45) is 2.75. The number of methoxy groups -OCH3 is 1. The lowest BCUT2D eigenvalue weighted by atomic mass is 10.2. The first-order chi connectivity index (χ1) is 9.74. The third-order valence-corrected chi connectivity index (χ3v) is 3.69. The highest BCUT2D eigenvalue weighted by atomic mass is 35.5. The summed E-state index contributed by atoms with van der Waals surface area (Å²) >= 11 is 6.25. The Kier molecular flexibility index (Phi) is 5.95. The summed E-state index contributed by atoms with van der Waals surface area (Å²) in [6, 6.07) is 3.93. The van der Waals surface area contributed by atoms with Gasteiger partial charge in [0, 0.05) is 12.2 Å². The molecule has 1 atom stereocenters. The van der Waals surface area contributed by atoms with Crippen molar-refractivity contribution in [3.05, 3.63) is 22.7 Å². The topological polar surface area (TPSA) is 44.3 Å². The fraction of sp³-hybridized carbons (Fsp3) is 0.600. The fourth-order valence-electron chi connectivity index (χ4n) is 2.44. The molecule has 2 rings (SSSR count). The Hall–Kier alpha value is -0.970. The van der Waals surface area contributed by atoms with Crippen LogP contribution in [-0.2, 0) is 11.3 Å². The Morgan fingerprint density at radius 2 is 2.30 bits per heavy atom. The summed E-state index contributed by atoms with van der Waals surface area (Å²) in [7, 11) is 1.63. The molecule has 0 bridgehead atoms. The molecule has 0 aromatic heterocycles. The van der Waals surface area contributed by atoms with Crippen LogP contribution in [0.25, 0.3) is 0 Å². The maximum absolute atomic E-state index is 6.25. The number of benzene rings is 1. The van der Waals surface area contributed by atoms with Crippen molar-refractivity contribution in [2.45, 2.75) is 32.4 Å². The number of hydrogen-bond acceptors (Lipinski definition) is 3. The molecule has 1 fully saturated rings. The van der Waals surface area contributed by atoms with Crippen molar-refractivity contribution in [3.63, 3.8) is 0 Å². The zero-order chi connectivity index (χ0) is 14.4. The molecule has 4 nitrogen and oxygen atoms in total. The molecule has 0 saturated carbocycles. The number of halogens is 1. The highest BCUT2D eigenvalue weighted by Gasteiger charge is 2.17. The van der Waals surface area contributed by atoms with Crippen LogP contribution in [0.15, 0.2) is 12.1 Å². The second kappa shape index (κ2) is 7.72. The molecule has 0 unspecified atom stereocenters. The lowest BCUT2D eigenvalue weighted by molar-refractivity contribution is -0.676. The van der Waals surface area contributed by atoms with E-state index in [0.29, 0.717) is 29.2 Å². The number of ether oxygens (including phenoxy) is 3. The van der Waals surface area contributed by atoms with Crippen LogP contribution in [-0.4, -0.2) is 33.0 Å². The Balaban J connectivity index is 1.95. The molecule has 1 saturated heterocycles. The van der Waals surface area contributed by atoms with Crippen molar-refractivity contribution in [1.82, 2.24) is 0 Å². The highest BCUT2D eigenvalue weighted by Crippen LogP contribution is 2.36. The maximum Gasteiger partial charge on any atom is 0.179 e. The summed E-state index contributed by atoms with van der Waals surface area (Å²) in [6.45, 7) is 5.26. The quantitative estimate of drug-likeness (QED) is 0.837. The van der Waals surface area contributed by atoms with Gasteiger partial charge in [0.05, 0.1) is 18.7 Å². The minimum atomic E-state index is 0.398. The van der Waals surface area contributed by atoms with Crippen LogP contribution < -0.4 is 14.8 Å². The Morgan fingerprint density at radius 3 is 2.95 bits per heavy atom. The molecule has 20 heavy (non-hydrogen) atoms. The predicted octanol–water partition coefficient (Wildman–Crippen LogP) is 1.99. The van der Waals surface area contributed by atoms with E-state index in [4.69, 9.17) is 25.8 Å². The molecule has 0 spiro atoms. The monoisotopic (exact) mass is 300 g/mol. The minimum Gasteiger partial charge on any atom is -0.493 e. The van der Waals surface area contributed by atoms with Crippen molar-refractivity contribution in [3.8, 4) is 11.5 Å². The van der Waals surface area contributed by atoms with Crippen LogP contribution in [0.2, 0.25) is 5.02 Å². The molecular formula is C15H23ClNO3+. The normalized spacial score (nSPS) is 18.2. The van der Waals surface area contributed by atoms with Gasteiger partial charge in [0.25, 0.3) is 0 Å². The van der Waals surface area contributed by atoms with Crippen molar-refractivity contribution >= 4 is 11.6 Å². The van der Waals surface area contributed by atoms with E-state index in [1.807, 2.05) is 19.1 Å². The molecule has 1 aliphatic rings. The Morgan fingerprint density at radius 1 is 1.45 bits per heavy atom. The van der Waals surface area contributed by atoms with Crippen molar-refractivity contribution < 1.29 is 19.5 Å². The van der Waals surface area contributed by atoms with E-state index >= 15 is 0 Å². The van der Waals surface area contributed by atoms with E-state index in [2.05, 4.69) is 5.32 Å². The summed E-state index contributed by atoms with van der Waals surface area (Å²) < 4.78 is 16.5. The summed E-state index contributed by atoms with van der Waals surface area (Å²) in [5, 5.41) is 2.85. The third kappa shape index (κ3) is 4.01. The molecule has 1 aromatic rings. The van der Waals surface area contributed by atoms with Crippen molar-refractivity contribution in [2.24, 2.45) is 0 Å². The largest absolute Gasteiger partial charge is 0.493 e. The van der Waals surface area contributed by atoms with Crippen molar-refractivity contribution in [2.75, 3.05) is 26.9 Å². The molecular weight excluding hydrogens is 278 g/mol. The number of quaternary nitrogens is 1. The Bertz CT molecular complexity index is 433. The van der Waals surface area contributed by atoms with E-state index in [0.717, 1.165) is 25.3 Å². The van der Waals surface area contributed by atoms with E-state index < -0.39 is 0 Å². The molecule has 0 radical (unpaired) electrons. The van der Waals surface area contributed by atoms with Crippen LogP contribution in [0.1, 0.15) is 25.3 Å². The van der Waals surface area contributed by atoms with Gasteiger partial charge in [-0.1, -0.05) is 11.6 Å². The lowest BCUT2D eigenvalue weighted by Gasteiger charge is -2.13.